The molecule has 2 fully saturated rings. The average molecular weight is 317 g/mol. The summed E-state index contributed by atoms with van der Waals surface area (Å²) in [6.07, 6.45) is 4.67. The van der Waals surface area contributed by atoms with Crippen LogP contribution in [0.5, 0.6) is 0 Å². The second kappa shape index (κ2) is 6.04. The van der Waals surface area contributed by atoms with Crippen molar-refractivity contribution in [2.75, 3.05) is 13.1 Å². The van der Waals surface area contributed by atoms with Crippen molar-refractivity contribution in [3.05, 3.63) is 0 Å². The Labute approximate surface area is 117 Å². The number of hydrogen-bond acceptors (Lipinski definition) is 2. The van der Waals surface area contributed by atoms with Crippen molar-refractivity contribution in [1.29, 1.82) is 0 Å². The van der Waals surface area contributed by atoms with E-state index in [1.165, 1.54) is 0 Å². The molecule has 5 heteroatoms. The van der Waals surface area contributed by atoms with Crippen molar-refractivity contribution < 1.29 is 9.59 Å². The highest BCUT2D eigenvalue weighted by atomic mass is 79.9. The predicted octanol–water partition coefficient (Wildman–Crippen LogP) is 1.68. The number of amides is 2. The largest absolute Gasteiger partial charge is 0.353 e. The van der Waals surface area contributed by atoms with Crippen LogP contribution in [-0.2, 0) is 9.59 Å². The highest BCUT2D eigenvalue weighted by Gasteiger charge is 2.32. The topological polar surface area (TPSA) is 49.4 Å². The van der Waals surface area contributed by atoms with Crippen LogP contribution in [0.25, 0.3) is 0 Å². The first kappa shape index (κ1) is 13.8. The molecule has 4 nitrogen and oxygen atoms in total. The van der Waals surface area contributed by atoms with E-state index in [-0.39, 0.29) is 28.6 Å². The number of nitrogens with one attached hydrogen (secondary N) is 1. The fourth-order valence-corrected chi connectivity index (χ4v) is 2.57. The minimum absolute atomic E-state index is 0.0601. The molecule has 0 bridgehead atoms. The molecule has 0 aromatic rings. The number of hydrogen-bond donors (Lipinski definition) is 1. The number of likely N-dealkylation sites (tertiary alicyclic amines) is 1. The molecule has 0 aromatic heterocycles. The Kier molecular flexibility index (Phi) is 4.65. The average Bonchev–Trinajstić information content (AvgIpc) is 3.22. The van der Waals surface area contributed by atoms with Gasteiger partial charge in [-0.25, -0.2) is 0 Å². The maximum Gasteiger partial charge on any atom is 0.236 e. The third-order valence-corrected chi connectivity index (χ3v) is 4.77. The zero-order chi connectivity index (χ0) is 13.1. The molecular formula is C13H21BrN2O2. The van der Waals surface area contributed by atoms with Crippen molar-refractivity contribution >= 4 is 27.7 Å². The third kappa shape index (κ3) is 3.46. The van der Waals surface area contributed by atoms with E-state index in [4.69, 9.17) is 0 Å². The van der Waals surface area contributed by atoms with Gasteiger partial charge in [-0.15, -0.1) is 0 Å². The van der Waals surface area contributed by atoms with Gasteiger partial charge in [-0.05, 0) is 32.1 Å². The Balaban J connectivity index is 1.73. The lowest BCUT2D eigenvalue weighted by Crippen LogP contribution is -2.48. The minimum Gasteiger partial charge on any atom is -0.353 e. The number of alkyl halides is 1. The molecule has 1 aliphatic heterocycles. The van der Waals surface area contributed by atoms with Gasteiger partial charge >= 0.3 is 0 Å². The molecule has 1 heterocycles. The maximum absolute atomic E-state index is 12.0. The first-order chi connectivity index (χ1) is 8.61. The Morgan fingerprint density at radius 1 is 1.28 bits per heavy atom. The number of rotatable bonds is 4. The van der Waals surface area contributed by atoms with Gasteiger partial charge in [0.2, 0.25) is 11.8 Å². The van der Waals surface area contributed by atoms with Crippen LogP contribution < -0.4 is 5.32 Å². The van der Waals surface area contributed by atoms with Gasteiger partial charge in [-0.1, -0.05) is 22.9 Å². The van der Waals surface area contributed by atoms with Crippen LogP contribution in [0.2, 0.25) is 0 Å². The molecule has 1 atom stereocenters. The Bertz CT molecular complexity index is 323. The summed E-state index contributed by atoms with van der Waals surface area (Å²) in [4.78, 5) is 25.5. The van der Waals surface area contributed by atoms with Gasteiger partial charge in [-0.2, -0.15) is 0 Å². The molecule has 0 spiro atoms. The highest BCUT2D eigenvalue weighted by molar-refractivity contribution is 9.10. The van der Waals surface area contributed by atoms with E-state index in [1.807, 2.05) is 11.8 Å². The van der Waals surface area contributed by atoms with Gasteiger partial charge in [0, 0.05) is 25.0 Å². The second-order valence-corrected chi connectivity index (χ2v) is 6.36. The molecule has 1 N–H and O–H groups in total. The van der Waals surface area contributed by atoms with Crippen LogP contribution in [-0.4, -0.2) is 40.7 Å². The molecule has 1 aliphatic carbocycles. The molecule has 2 rings (SSSR count). The molecule has 1 saturated carbocycles. The van der Waals surface area contributed by atoms with Crippen LogP contribution in [0.3, 0.4) is 0 Å². The summed E-state index contributed by atoms with van der Waals surface area (Å²) < 4.78 is 0. The van der Waals surface area contributed by atoms with Gasteiger partial charge in [0.15, 0.2) is 0 Å². The van der Waals surface area contributed by atoms with E-state index in [9.17, 15) is 9.59 Å². The van der Waals surface area contributed by atoms with Crippen LogP contribution in [0.1, 0.15) is 39.0 Å². The minimum atomic E-state index is -0.0601. The van der Waals surface area contributed by atoms with Crippen LogP contribution in [0, 0.1) is 5.92 Å². The number of carbonyl (C=O) groups excluding carboxylic acids is 2. The Hall–Kier alpha value is -0.580. The van der Waals surface area contributed by atoms with Crippen molar-refractivity contribution in [3.63, 3.8) is 0 Å². The molecule has 18 heavy (non-hydrogen) atoms. The molecular weight excluding hydrogens is 296 g/mol. The lowest BCUT2D eigenvalue weighted by molar-refractivity contribution is -0.131. The van der Waals surface area contributed by atoms with E-state index < -0.39 is 0 Å². The molecule has 2 amide bonds. The monoisotopic (exact) mass is 316 g/mol. The van der Waals surface area contributed by atoms with E-state index in [1.54, 1.807) is 0 Å². The van der Waals surface area contributed by atoms with Crippen LogP contribution in [0.15, 0.2) is 0 Å². The van der Waals surface area contributed by atoms with Crippen molar-refractivity contribution in [2.45, 2.75) is 49.9 Å². The molecule has 1 saturated heterocycles. The zero-order valence-corrected chi connectivity index (χ0v) is 12.4. The van der Waals surface area contributed by atoms with E-state index in [2.05, 4.69) is 21.2 Å². The van der Waals surface area contributed by atoms with Crippen LogP contribution >= 0.6 is 15.9 Å². The first-order valence-electron chi connectivity index (χ1n) is 6.85. The van der Waals surface area contributed by atoms with Crippen molar-refractivity contribution in [1.82, 2.24) is 10.2 Å². The third-order valence-electron chi connectivity index (χ3n) is 3.73. The quantitative estimate of drug-likeness (QED) is 0.802. The number of carbonyl (C=O) groups is 2. The zero-order valence-electron chi connectivity index (χ0n) is 10.8. The smallest absolute Gasteiger partial charge is 0.236 e. The molecule has 0 radical (unpaired) electrons. The summed E-state index contributed by atoms with van der Waals surface area (Å²) in [6, 6.07) is 0.262. The summed E-state index contributed by atoms with van der Waals surface area (Å²) in [5, 5.41) is 3.09. The predicted molar refractivity (Wildman–Crippen MR) is 73.5 cm³/mol. The fourth-order valence-electron chi connectivity index (χ4n) is 2.28. The molecule has 102 valence electrons. The number of piperidine rings is 1. The summed E-state index contributed by atoms with van der Waals surface area (Å²) in [5.74, 6) is 0.674. The normalized spacial score (nSPS) is 22.7. The van der Waals surface area contributed by atoms with E-state index in [0.717, 1.165) is 45.2 Å². The highest BCUT2D eigenvalue weighted by Crippen LogP contribution is 2.29. The summed E-state index contributed by atoms with van der Waals surface area (Å²) in [7, 11) is 0. The molecule has 2 aliphatic rings. The van der Waals surface area contributed by atoms with E-state index in [0.29, 0.717) is 0 Å². The summed E-state index contributed by atoms with van der Waals surface area (Å²) in [6.45, 7) is 3.52. The molecule has 0 aromatic carbocycles. The number of nitrogens with zero attached hydrogens (tertiary/aromatic N) is 1. The van der Waals surface area contributed by atoms with Gasteiger partial charge in [-0.3, -0.25) is 9.59 Å². The van der Waals surface area contributed by atoms with Gasteiger partial charge < -0.3 is 10.2 Å². The van der Waals surface area contributed by atoms with Crippen molar-refractivity contribution in [2.24, 2.45) is 5.92 Å². The second-order valence-electron chi connectivity index (χ2n) is 5.26. The van der Waals surface area contributed by atoms with Crippen LogP contribution in [0.4, 0.5) is 0 Å². The van der Waals surface area contributed by atoms with Gasteiger partial charge in [0.05, 0.1) is 4.83 Å². The first-order valence-corrected chi connectivity index (χ1v) is 7.76. The maximum atomic E-state index is 12.0. The molecule has 1 unspecified atom stereocenters. The van der Waals surface area contributed by atoms with E-state index >= 15 is 0 Å². The lowest BCUT2D eigenvalue weighted by Gasteiger charge is -2.33. The Morgan fingerprint density at radius 2 is 1.89 bits per heavy atom. The van der Waals surface area contributed by atoms with Gasteiger partial charge in [0.25, 0.3) is 0 Å². The fraction of sp³-hybridized carbons (Fsp3) is 0.846. The standard InChI is InChI=1S/C13H21BrN2O2/c1-2-11(14)13(18)16-7-5-10(6-8-16)15-12(17)9-3-4-9/h9-11H,2-8H2,1H3,(H,15,17). The number of halogens is 1. The van der Waals surface area contributed by atoms with Gasteiger partial charge in [0.1, 0.15) is 0 Å². The van der Waals surface area contributed by atoms with Crippen molar-refractivity contribution in [3.8, 4) is 0 Å². The lowest BCUT2D eigenvalue weighted by atomic mass is 10.0. The summed E-state index contributed by atoms with van der Waals surface area (Å²) >= 11 is 3.40. The Morgan fingerprint density at radius 3 is 2.39 bits per heavy atom. The summed E-state index contributed by atoms with van der Waals surface area (Å²) in [5.41, 5.74) is 0. The SMILES string of the molecule is CCC(Br)C(=O)N1CCC(NC(=O)C2CC2)CC1.